The van der Waals surface area contributed by atoms with E-state index in [1.54, 1.807) is 0 Å². The third kappa shape index (κ3) is 2.77. The number of aryl methyl sites for hydroxylation is 1. The van der Waals surface area contributed by atoms with Crippen LogP contribution >= 0.6 is 11.6 Å². The van der Waals surface area contributed by atoms with Gasteiger partial charge in [-0.15, -0.1) is 0 Å². The third-order valence-electron chi connectivity index (χ3n) is 2.96. The molecule has 94 valence electrons. The molecule has 0 aromatic heterocycles. The summed E-state index contributed by atoms with van der Waals surface area (Å²) in [6.45, 7) is 4.46. The molecule has 18 heavy (non-hydrogen) atoms. The number of rotatable bonds is 3. The van der Waals surface area contributed by atoms with Crippen LogP contribution in [0.2, 0.25) is 5.02 Å². The minimum Gasteiger partial charge on any atom is -0.487 e. The Labute approximate surface area is 112 Å². The topological polar surface area (TPSA) is 35.2 Å². The van der Waals surface area contributed by atoms with Crippen LogP contribution in [0.15, 0.2) is 36.4 Å². The van der Waals surface area contributed by atoms with E-state index >= 15 is 0 Å². The second-order valence-electron chi connectivity index (χ2n) is 4.35. The van der Waals surface area contributed by atoms with E-state index in [0.717, 1.165) is 22.4 Å². The molecule has 0 radical (unpaired) electrons. The number of hydrogen-bond donors (Lipinski definition) is 1. The van der Waals surface area contributed by atoms with Crippen molar-refractivity contribution in [3.8, 4) is 5.75 Å². The Morgan fingerprint density at radius 2 is 1.94 bits per heavy atom. The number of nitrogen functional groups attached to an aromatic ring is 1. The zero-order chi connectivity index (χ0) is 13.1. The van der Waals surface area contributed by atoms with Gasteiger partial charge in [-0.05, 0) is 48.7 Å². The van der Waals surface area contributed by atoms with Crippen LogP contribution in [-0.2, 0) is 6.61 Å². The van der Waals surface area contributed by atoms with E-state index in [0.29, 0.717) is 17.4 Å². The molecule has 0 aliphatic heterocycles. The summed E-state index contributed by atoms with van der Waals surface area (Å²) in [5, 5.41) is 0.636. The monoisotopic (exact) mass is 261 g/mol. The first-order valence-corrected chi connectivity index (χ1v) is 6.18. The van der Waals surface area contributed by atoms with Crippen LogP contribution in [0.1, 0.15) is 16.7 Å². The van der Waals surface area contributed by atoms with Gasteiger partial charge in [-0.2, -0.15) is 0 Å². The minimum atomic E-state index is 0.472. The molecule has 0 saturated heterocycles. The highest BCUT2D eigenvalue weighted by molar-refractivity contribution is 6.32. The van der Waals surface area contributed by atoms with Crippen molar-refractivity contribution in [3.05, 3.63) is 58.1 Å². The summed E-state index contributed by atoms with van der Waals surface area (Å²) < 4.78 is 5.73. The van der Waals surface area contributed by atoms with Crippen molar-refractivity contribution in [2.45, 2.75) is 20.5 Å². The smallest absolute Gasteiger partial charge is 0.138 e. The number of nitrogens with two attached hydrogens (primary N) is 1. The molecular weight excluding hydrogens is 246 g/mol. The summed E-state index contributed by atoms with van der Waals surface area (Å²) in [4.78, 5) is 0. The Hall–Kier alpha value is -1.67. The molecule has 0 unspecified atom stereocenters. The zero-order valence-electron chi connectivity index (χ0n) is 10.5. The van der Waals surface area contributed by atoms with Crippen molar-refractivity contribution in [2.24, 2.45) is 0 Å². The van der Waals surface area contributed by atoms with Crippen molar-refractivity contribution in [3.63, 3.8) is 0 Å². The Morgan fingerprint density at radius 3 is 2.67 bits per heavy atom. The Balaban J connectivity index is 2.14. The molecule has 0 fully saturated rings. The summed E-state index contributed by atoms with van der Waals surface area (Å²) in [7, 11) is 0. The fourth-order valence-corrected chi connectivity index (χ4v) is 2.03. The average Bonchev–Trinajstić information content (AvgIpc) is 2.33. The van der Waals surface area contributed by atoms with Crippen molar-refractivity contribution in [1.29, 1.82) is 0 Å². The van der Waals surface area contributed by atoms with E-state index in [9.17, 15) is 0 Å². The third-order valence-corrected chi connectivity index (χ3v) is 3.25. The van der Waals surface area contributed by atoms with Crippen LogP contribution in [0, 0.1) is 13.8 Å². The standard InChI is InChI=1S/C15H16ClNO/c1-10-6-7-15(13(16)8-10)18-9-12-4-3-5-14(17)11(12)2/h3-8H,9,17H2,1-2H3. The molecule has 0 aliphatic rings. The maximum Gasteiger partial charge on any atom is 0.138 e. The van der Waals surface area contributed by atoms with Gasteiger partial charge in [0.15, 0.2) is 0 Å². The average molecular weight is 262 g/mol. The van der Waals surface area contributed by atoms with Crippen LogP contribution in [0.3, 0.4) is 0 Å². The van der Waals surface area contributed by atoms with Gasteiger partial charge >= 0.3 is 0 Å². The summed E-state index contributed by atoms with van der Waals surface area (Å²) in [6, 6.07) is 11.6. The summed E-state index contributed by atoms with van der Waals surface area (Å²) >= 11 is 6.12. The van der Waals surface area contributed by atoms with Crippen molar-refractivity contribution in [2.75, 3.05) is 5.73 Å². The van der Waals surface area contributed by atoms with Crippen molar-refractivity contribution in [1.82, 2.24) is 0 Å². The highest BCUT2D eigenvalue weighted by Gasteiger charge is 2.05. The number of hydrogen-bond acceptors (Lipinski definition) is 2. The quantitative estimate of drug-likeness (QED) is 0.844. The highest BCUT2D eigenvalue weighted by atomic mass is 35.5. The van der Waals surface area contributed by atoms with Crippen LogP contribution < -0.4 is 10.5 Å². The van der Waals surface area contributed by atoms with E-state index in [1.807, 2.05) is 50.2 Å². The Bertz CT molecular complexity index is 566. The fourth-order valence-electron chi connectivity index (χ4n) is 1.74. The van der Waals surface area contributed by atoms with Crippen LogP contribution in [0.5, 0.6) is 5.75 Å². The van der Waals surface area contributed by atoms with Crippen molar-refractivity contribution < 1.29 is 4.74 Å². The Morgan fingerprint density at radius 1 is 1.17 bits per heavy atom. The number of ether oxygens (including phenoxy) is 1. The molecule has 0 heterocycles. The second-order valence-corrected chi connectivity index (χ2v) is 4.76. The summed E-state index contributed by atoms with van der Waals surface area (Å²) in [5.74, 6) is 0.698. The van der Waals surface area contributed by atoms with Gasteiger partial charge < -0.3 is 10.5 Å². The molecule has 0 spiro atoms. The van der Waals surface area contributed by atoms with Crippen LogP contribution in [0.25, 0.3) is 0 Å². The predicted molar refractivity (Wildman–Crippen MR) is 76.1 cm³/mol. The first-order valence-electron chi connectivity index (χ1n) is 5.81. The Kier molecular flexibility index (Phi) is 3.78. The highest BCUT2D eigenvalue weighted by Crippen LogP contribution is 2.26. The lowest BCUT2D eigenvalue weighted by Crippen LogP contribution is -2.01. The van der Waals surface area contributed by atoms with Gasteiger partial charge in [0.1, 0.15) is 12.4 Å². The summed E-state index contributed by atoms with van der Waals surface area (Å²) in [6.07, 6.45) is 0. The zero-order valence-corrected chi connectivity index (χ0v) is 11.3. The number of anilines is 1. The SMILES string of the molecule is Cc1ccc(OCc2cccc(N)c2C)c(Cl)c1. The molecule has 0 atom stereocenters. The van der Waals surface area contributed by atoms with Gasteiger partial charge in [-0.3, -0.25) is 0 Å². The largest absolute Gasteiger partial charge is 0.487 e. The van der Waals surface area contributed by atoms with Gasteiger partial charge in [-0.25, -0.2) is 0 Å². The molecule has 2 rings (SSSR count). The van der Waals surface area contributed by atoms with E-state index in [2.05, 4.69) is 0 Å². The van der Waals surface area contributed by atoms with Gasteiger partial charge in [0.25, 0.3) is 0 Å². The molecule has 0 aliphatic carbocycles. The maximum atomic E-state index is 6.12. The minimum absolute atomic E-state index is 0.472. The first-order chi connectivity index (χ1) is 8.58. The number of halogens is 1. The number of benzene rings is 2. The van der Waals surface area contributed by atoms with Gasteiger partial charge in [-0.1, -0.05) is 29.8 Å². The molecule has 0 amide bonds. The molecule has 3 heteroatoms. The summed E-state index contributed by atoms with van der Waals surface area (Å²) in [5.41, 5.74) is 9.89. The normalized spacial score (nSPS) is 10.4. The van der Waals surface area contributed by atoms with Crippen LogP contribution in [-0.4, -0.2) is 0 Å². The van der Waals surface area contributed by atoms with Gasteiger partial charge in [0.2, 0.25) is 0 Å². The van der Waals surface area contributed by atoms with Crippen molar-refractivity contribution >= 4 is 17.3 Å². The first kappa shape index (κ1) is 12.8. The van der Waals surface area contributed by atoms with E-state index in [1.165, 1.54) is 0 Å². The van der Waals surface area contributed by atoms with E-state index < -0.39 is 0 Å². The van der Waals surface area contributed by atoms with Crippen LogP contribution in [0.4, 0.5) is 5.69 Å². The maximum absolute atomic E-state index is 6.12. The van der Waals surface area contributed by atoms with Gasteiger partial charge in [0, 0.05) is 5.69 Å². The van der Waals surface area contributed by atoms with E-state index in [-0.39, 0.29) is 0 Å². The van der Waals surface area contributed by atoms with Gasteiger partial charge in [0.05, 0.1) is 5.02 Å². The molecule has 2 aromatic carbocycles. The molecule has 0 saturated carbocycles. The molecule has 2 nitrogen and oxygen atoms in total. The predicted octanol–water partition coefficient (Wildman–Crippen LogP) is 4.12. The molecule has 2 N–H and O–H groups in total. The van der Waals surface area contributed by atoms with E-state index in [4.69, 9.17) is 22.1 Å². The lowest BCUT2D eigenvalue weighted by molar-refractivity contribution is 0.305. The molecular formula is C15H16ClNO. The lowest BCUT2D eigenvalue weighted by atomic mass is 10.1. The second kappa shape index (κ2) is 5.32. The molecule has 0 bridgehead atoms. The molecule has 2 aromatic rings. The fraction of sp³-hybridized carbons (Fsp3) is 0.200. The lowest BCUT2D eigenvalue weighted by Gasteiger charge is -2.11.